The third-order valence-electron chi connectivity index (χ3n) is 5.02. The average molecular weight is 484 g/mol. The van der Waals surface area contributed by atoms with Gasteiger partial charge in [0.2, 0.25) is 5.91 Å². The van der Waals surface area contributed by atoms with Gasteiger partial charge in [-0.2, -0.15) is 0 Å². The fourth-order valence-corrected chi connectivity index (χ4v) is 4.66. The SMILES string of the molecule is Cc1ccc(C)c(S(=O)(=O)Nc2ccc(C(=O)NCCNC(=O)Cc3cccc(F)c3)cc2)c1. The van der Waals surface area contributed by atoms with Crippen LogP contribution in [0.4, 0.5) is 10.1 Å². The highest BCUT2D eigenvalue weighted by molar-refractivity contribution is 7.92. The predicted octanol–water partition coefficient (Wildman–Crippen LogP) is 3.33. The Hall–Kier alpha value is -3.72. The third kappa shape index (κ3) is 6.89. The number of hydrogen-bond donors (Lipinski definition) is 3. The average Bonchev–Trinajstić information content (AvgIpc) is 2.78. The van der Waals surface area contributed by atoms with Gasteiger partial charge in [-0.1, -0.05) is 24.3 Å². The van der Waals surface area contributed by atoms with Crippen molar-refractivity contribution in [3.63, 3.8) is 0 Å². The summed E-state index contributed by atoms with van der Waals surface area (Å²) in [7, 11) is -3.76. The van der Waals surface area contributed by atoms with Gasteiger partial charge in [-0.25, -0.2) is 12.8 Å². The molecule has 34 heavy (non-hydrogen) atoms. The first-order chi connectivity index (χ1) is 16.1. The molecule has 3 aromatic rings. The van der Waals surface area contributed by atoms with Crippen LogP contribution in [-0.2, 0) is 21.2 Å². The molecular weight excluding hydrogens is 457 g/mol. The summed E-state index contributed by atoms with van der Waals surface area (Å²) in [6, 6.07) is 17.1. The minimum absolute atomic E-state index is 0.0468. The molecule has 3 rings (SSSR count). The second-order valence-corrected chi connectivity index (χ2v) is 9.52. The van der Waals surface area contributed by atoms with Crippen molar-refractivity contribution in [2.75, 3.05) is 17.8 Å². The molecule has 0 radical (unpaired) electrons. The minimum atomic E-state index is -3.76. The monoisotopic (exact) mass is 483 g/mol. The largest absolute Gasteiger partial charge is 0.354 e. The smallest absolute Gasteiger partial charge is 0.262 e. The van der Waals surface area contributed by atoms with Gasteiger partial charge >= 0.3 is 0 Å². The van der Waals surface area contributed by atoms with Crippen molar-refractivity contribution in [3.8, 4) is 0 Å². The van der Waals surface area contributed by atoms with Crippen LogP contribution in [0, 0.1) is 19.7 Å². The number of carbonyl (C=O) groups is 2. The summed E-state index contributed by atoms with van der Waals surface area (Å²) in [5.74, 6) is -1.04. The van der Waals surface area contributed by atoms with E-state index in [-0.39, 0.29) is 36.2 Å². The Morgan fingerprint density at radius 1 is 0.882 bits per heavy atom. The lowest BCUT2D eigenvalue weighted by Crippen LogP contribution is -2.35. The highest BCUT2D eigenvalue weighted by Gasteiger charge is 2.17. The molecule has 0 saturated carbocycles. The lowest BCUT2D eigenvalue weighted by Gasteiger charge is -2.12. The maximum atomic E-state index is 13.2. The first-order valence-electron chi connectivity index (χ1n) is 10.6. The van der Waals surface area contributed by atoms with E-state index in [4.69, 9.17) is 0 Å². The van der Waals surface area contributed by atoms with Crippen LogP contribution in [0.5, 0.6) is 0 Å². The van der Waals surface area contributed by atoms with Crippen LogP contribution in [0.1, 0.15) is 27.0 Å². The fourth-order valence-electron chi connectivity index (χ4n) is 3.27. The van der Waals surface area contributed by atoms with E-state index < -0.39 is 15.8 Å². The summed E-state index contributed by atoms with van der Waals surface area (Å²) >= 11 is 0. The number of nitrogens with one attached hydrogen (secondary N) is 3. The molecule has 178 valence electrons. The van der Waals surface area contributed by atoms with E-state index in [0.717, 1.165) is 5.56 Å². The predicted molar refractivity (Wildman–Crippen MR) is 129 cm³/mol. The molecule has 0 aromatic heterocycles. The topological polar surface area (TPSA) is 104 Å². The molecule has 0 aliphatic heterocycles. The molecule has 0 saturated heterocycles. The lowest BCUT2D eigenvalue weighted by molar-refractivity contribution is -0.120. The van der Waals surface area contributed by atoms with Crippen molar-refractivity contribution in [3.05, 3.63) is 94.8 Å². The number of halogens is 1. The van der Waals surface area contributed by atoms with Gasteiger partial charge in [0.05, 0.1) is 11.3 Å². The molecule has 0 unspecified atom stereocenters. The Kier molecular flexibility index (Phi) is 8.01. The number of anilines is 1. The molecule has 0 heterocycles. The van der Waals surface area contributed by atoms with Gasteiger partial charge in [0.15, 0.2) is 0 Å². The van der Waals surface area contributed by atoms with E-state index in [1.54, 1.807) is 25.1 Å². The van der Waals surface area contributed by atoms with E-state index in [2.05, 4.69) is 15.4 Å². The zero-order valence-electron chi connectivity index (χ0n) is 18.9. The molecule has 0 bridgehead atoms. The van der Waals surface area contributed by atoms with E-state index >= 15 is 0 Å². The highest BCUT2D eigenvalue weighted by Crippen LogP contribution is 2.21. The zero-order chi connectivity index (χ0) is 24.7. The van der Waals surface area contributed by atoms with Crippen molar-refractivity contribution in [1.82, 2.24) is 10.6 Å². The van der Waals surface area contributed by atoms with Gasteiger partial charge in [0, 0.05) is 24.3 Å². The van der Waals surface area contributed by atoms with Crippen molar-refractivity contribution in [1.29, 1.82) is 0 Å². The molecule has 0 aliphatic carbocycles. The van der Waals surface area contributed by atoms with Crippen molar-refractivity contribution in [2.45, 2.75) is 25.2 Å². The summed E-state index contributed by atoms with van der Waals surface area (Å²) in [4.78, 5) is 24.4. The summed E-state index contributed by atoms with van der Waals surface area (Å²) in [5, 5.41) is 5.35. The molecule has 7 nitrogen and oxygen atoms in total. The Labute approximate surface area is 198 Å². The second kappa shape index (κ2) is 10.9. The van der Waals surface area contributed by atoms with E-state index in [9.17, 15) is 22.4 Å². The van der Waals surface area contributed by atoms with E-state index in [0.29, 0.717) is 22.4 Å². The van der Waals surface area contributed by atoms with Crippen molar-refractivity contribution in [2.24, 2.45) is 0 Å². The number of benzene rings is 3. The quantitative estimate of drug-likeness (QED) is 0.406. The molecule has 9 heteroatoms. The first-order valence-corrected chi connectivity index (χ1v) is 12.1. The van der Waals surface area contributed by atoms with Gasteiger partial charge in [0.1, 0.15) is 5.82 Å². The van der Waals surface area contributed by atoms with Gasteiger partial charge in [-0.3, -0.25) is 14.3 Å². The van der Waals surface area contributed by atoms with Gasteiger partial charge < -0.3 is 10.6 Å². The molecule has 0 aliphatic rings. The van der Waals surface area contributed by atoms with Gasteiger partial charge in [-0.15, -0.1) is 0 Å². The molecule has 2 amide bonds. The van der Waals surface area contributed by atoms with Crippen LogP contribution in [-0.4, -0.2) is 33.3 Å². The molecule has 0 fully saturated rings. The number of amides is 2. The number of carbonyl (C=O) groups excluding carboxylic acids is 2. The summed E-state index contributed by atoms with van der Waals surface area (Å²) in [6.45, 7) is 3.97. The summed E-state index contributed by atoms with van der Waals surface area (Å²) in [5.41, 5.74) is 2.72. The fraction of sp³-hybridized carbons (Fsp3) is 0.200. The van der Waals surface area contributed by atoms with Crippen molar-refractivity contribution < 1.29 is 22.4 Å². The van der Waals surface area contributed by atoms with Gasteiger partial charge in [0.25, 0.3) is 15.9 Å². The van der Waals surface area contributed by atoms with Gasteiger partial charge in [-0.05, 0) is 73.0 Å². The Morgan fingerprint density at radius 2 is 1.59 bits per heavy atom. The first kappa shape index (κ1) is 24.9. The molecule has 3 aromatic carbocycles. The lowest BCUT2D eigenvalue weighted by atomic mass is 10.1. The standard InChI is InChI=1S/C25H26FN3O4S/c1-17-6-7-18(2)23(14-17)34(32,33)29-22-10-8-20(9-11-22)25(31)28-13-12-27-24(30)16-19-4-3-5-21(26)15-19/h3-11,14-15,29H,12-13,16H2,1-2H3,(H,27,30)(H,28,31). The summed E-state index contributed by atoms with van der Waals surface area (Å²) in [6.07, 6.45) is 0.0468. The van der Waals surface area contributed by atoms with Crippen LogP contribution < -0.4 is 15.4 Å². The van der Waals surface area contributed by atoms with E-state index in [1.807, 2.05) is 13.0 Å². The minimum Gasteiger partial charge on any atom is -0.354 e. The van der Waals surface area contributed by atoms with Crippen LogP contribution in [0.15, 0.2) is 71.6 Å². The molecule has 3 N–H and O–H groups in total. The highest BCUT2D eigenvalue weighted by atomic mass is 32.2. The van der Waals surface area contributed by atoms with Crippen LogP contribution in [0.25, 0.3) is 0 Å². The Balaban J connectivity index is 1.48. The maximum Gasteiger partial charge on any atom is 0.262 e. The number of rotatable bonds is 9. The maximum absolute atomic E-state index is 13.2. The number of sulfonamides is 1. The van der Waals surface area contributed by atoms with E-state index in [1.165, 1.54) is 42.5 Å². The molecule has 0 atom stereocenters. The second-order valence-electron chi connectivity index (χ2n) is 7.86. The van der Waals surface area contributed by atoms with Crippen LogP contribution >= 0.6 is 0 Å². The van der Waals surface area contributed by atoms with Crippen LogP contribution in [0.3, 0.4) is 0 Å². The molecular formula is C25H26FN3O4S. The Morgan fingerprint density at radius 3 is 2.29 bits per heavy atom. The third-order valence-corrected chi connectivity index (χ3v) is 6.54. The zero-order valence-corrected chi connectivity index (χ0v) is 19.7. The number of hydrogen-bond acceptors (Lipinski definition) is 4. The van der Waals surface area contributed by atoms with Crippen molar-refractivity contribution >= 4 is 27.5 Å². The number of aryl methyl sites for hydroxylation is 2. The summed E-state index contributed by atoms with van der Waals surface area (Å²) < 4.78 is 41.1. The van der Waals surface area contributed by atoms with Crippen LogP contribution in [0.2, 0.25) is 0 Å². The Bertz CT molecular complexity index is 1290. The molecule has 0 spiro atoms. The normalized spacial score (nSPS) is 11.0.